The van der Waals surface area contributed by atoms with E-state index in [0.29, 0.717) is 37.3 Å². The first-order valence-electron chi connectivity index (χ1n) is 9.40. The maximum Gasteiger partial charge on any atom is 0.387 e. The van der Waals surface area contributed by atoms with Crippen molar-refractivity contribution in [3.05, 3.63) is 54.0 Å². The summed E-state index contributed by atoms with van der Waals surface area (Å²) in [4.78, 5) is 26.2. The number of ether oxygens (including phenoxy) is 2. The van der Waals surface area contributed by atoms with E-state index in [4.69, 9.17) is 9.15 Å². The van der Waals surface area contributed by atoms with Crippen molar-refractivity contribution in [1.29, 1.82) is 0 Å². The van der Waals surface area contributed by atoms with E-state index in [1.807, 2.05) is 0 Å². The molecule has 9 heteroatoms. The lowest BCUT2D eigenvalue weighted by Gasteiger charge is -2.31. The Morgan fingerprint density at radius 1 is 1.23 bits per heavy atom. The Kier molecular flexibility index (Phi) is 7.05. The number of methoxy groups -OCH3 is 1. The Bertz CT molecular complexity index is 891. The molecular formula is C21H22F2N2O5. The van der Waals surface area contributed by atoms with Crippen LogP contribution in [0.3, 0.4) is 0 Å². The van der Waals surface area contributed by atoms with Gasteiger partial charge in [0, 0.05) is 25.2 Å². The Morgan fingerprint density at radius 3 is 2.63 bits per heavy atom. The molecule has 1 fully saturated rings. The lowest BCUT2D eigenvalue weighted by molar-refractivity contribution is -0.117. The summed E-state index contributed by atoms with van der Waals surface area (Å²) in [7, 11) is 1.34. The van der Waals surface area contributed by atoms with Crippen LogP contribution in [0.4, 0.5) is 8.78 Å². The highest BCUT2D eigenvalue weighted by Gasteiger charge is 2.25. The summed E-state index contributed by atoms with van der Waals surface area (Å²) >= 11 is 0. The van der Waals surface area contributed by atoms with Crippen molar-refractivity contribution in [2.75, 3.05) is 20.2 Å². The van der Waals surface area contributed by atoms with Gasteiger partial charge < -0.3 is 24.1 Å². The fourth-order valence-electron chi connectivity index (χ4n) is 3.19. The molecule has 3 rings (SSSR count). The molecule has 2 amide bonds. The van der Waals surface area contributed by atoms with Crippen LogP contribution in [0.1, 0.15) is 29.0 Å². The SMILES string of the molecule is COc1cc(/C=C/C(=O)NC2CCN(C(=O)c3ccco3)CC2)ccc1OC(F)F. The molecule has 0 spiro atoms. The summed E-state index contributed by atoms with van der Waals surface area (Å²) in [5, 5.41) is 2.91. The summed E-state index contributed by atoms with van der Waals surface area (Å²) in [6.45, 7) is -1.90. The zero-order chi connectivity index (χ0) is 21.5. The van der Waals surface area contributed by atoms with Crippen molar-refractivity contribution in [2.24, 2.45) is 0 Å². The van der Waals surface area contributed by atoms with Gasteiger partial charge in [-0.25, -0.2) is 0 Å². The maximum atomic E-state index is 12.4. The fraction of sp³-hybridized carbons (Fsp3) is 0.333. The van der Waals surface area contributed by atoms with E-state index in [0.717, 1.165) is 0 Å². The Morgan fingerprint density at radius 2 is 2.00 bits per heavy atom. The van der Waals surface area contributed by atoms with Crippen molar-refractivity contribution in [1.82, 2.24) is 10.2 Å². The van der Waals surface area contributed by atoms with Gasteiger partial charge in [0.2, 0.25) is 5.91 Å². The number of halogens is 2. The molecule has 0 aliphatic carbocycles. The van der Waals surface area contributed by atoms with E-state index < -0.39 is 6.61 Å². The molecule has 0 saturated carbocycles. The molecule has 1 aliphatic rings. The van der Waals surface area contributed by atoms with Crippen LogP contribution in [0.15, 0.2) is 47.1 Å². The number of amides is 2. The van der Waals surface area contributed by atoms with Crippen LogP contribution in [0.25, 0.3) is 6.08 Å². The molecule has 1 N–H and O–H groups in total. The topological polar surface area (TPSA) is 81.0 Å². The van der Waals surface area contributed by atoms with E-state index in [1.165, 1.54) is 31.6 Å². The van der Waals surface area contributed by atoms with Crippen LogP contribution in [-0.2, 0) is 4.79 Å². The number of rotatable bonds is 7. The van der Waals surface area contributed by atoms with Gasteiger partial charge in [0.15, 0.2) is 17.3 Å². The molecule has 0 unspecified atom stereocenters. The number of nitrogens with one attached hydrogen (secondary N) is 1. The quantitative estimate of drug-likeness (QED) is 0.695. The van der Waals surface area contributed by atoms with Crippen LogP contribution in [-0.4, -0.2) is 49.6 Å². The van der Waals surface area contributed by atoms with Gasteiger partial charge in [-0.15, -0.1) is 0 Å². The summed E-state index contributed by atoms with van der Waals surface area (Å²) in [6.07, 6.45) is 5.66. The van der Waals surface area contributed by atoms with Crippen molar-refractivity contribution in [2.45, 2.75) is 25.5 Å². The molecule has 7 nitrogen and oxygen atoms in total. The number of alkyl halides is 2. The summed E-state index contributed by atoms with van der Waals surface area (Å²) in [5.41, 5.74) is 0.600. The largest absolute Gasteiger partial charge is 0.493 e. The second-order valence-corrected chi connectivity index (χ2v) is 6.67. The Balaban J connectivity index is 1.50. The van der Waals surface area contributed by atoms with Crippen LogP contribution in [0.2, 0.25) is 0 Å². The minimum absolute atomic E-state index is 0.0424. The highest BCUT2D eigenvalue weighted by molar-refractivity contribution is 5.92. The van der Waals surface area contributed by atoms with E-state index in [2.05, 4.69) is 10.1 Å². The summed E-state index contributed by atoms with van der Waals surface area (Å²) in [5.74, 6) is -0.0622. The minimum Gasteiger partial charge on any atom is -0.493 e. The van der Waals surface area contributed by atoms with E-state index in [1.54, 1.807) is 29.2 Å². The van der Waals surface area contributed by atoms with Gasteiger partial charge >= 0.3 is 6.61 Å². The molecule has 1 aromatic carbocycles. The Labute approximate surface area is 172 Å². The second-order valence-electron chi connectivity index (χ2n) is 6.67. The molecule has 160 valence electrons. The highest BCUT2D eigenvalue weighted by atomic mass is 19.3. The van der Waals surface area contributed by atoms with E-state index in [9.17, 15) is 18.4 Å². The lowest BCUT2D eigenvalue weighted by Crippen LogP contribution is -2.46. The van der Waals surface area contributed by atoms with Gasteiger partial charge in [0.1, 0.15) is 0 Å². The molecule has 1 aromatic heterocycles. The van der Waals surface area contributed by atoms with Crippen molar-refractivity contribution >= 4 is 17.9 Å². The number of likely N-dealkylation sites (tertiary alicyclic amines) is 1. The number of carbonyl (C=O) groups is 2. The third-order valence-electron chi connectivity index (χ3n) is 4.69. The summed E-state index contributed by atoms with van der Waals surface area (Å²) < 4.78 is 39.3. The number of furan rings is 1. The van der Waals surface area contributed by atoms with Gasteiger partial charge in [0.05, 0.1) is 13.4 Å². The predicted octanol–water partition coefficient (Wildman–Crippen LogP) is 3.32. The average Bonchev–Trinajstić information content (AvgIpc) is 3.27. The average molecular weight is 420 g/mol. The van der Waals surface area contributed by atoms with Crippen LogP contribution >= 0.6 is 0 Å². The molecular weight excluding hydrogens is 398 g/mol. The number of hydrogen-bond acceptors (Lipinski definition) is 5. The van der Waals surface area contributed by atoms with Crippen LogP contribution in [0.5, 0.6) is 11.5 Å². The first-order chi connectivity index (χ1) is 14.5. The monoisotopic (exact) mass is 420 g/mol. The van der Waals surface area contributed by atoms with Crippen LogP contribution in [0, 0.1) is 0 Å². The third kappa shape index (κ3) is 5.59. The third-order valence-corrected chi connectivity index (χ3v) is 4.69. The number of carbonyl (C=O) groups excluding carboxylic acids is 2. The van der Waals surface area contributed by atoms with Crippen molar-refractivity contribution in [3.63, 3.8) is 0 Å². The molecule has 2 aromatic rings. The van der Waals surface area contributed by atoms with Gasteiger partial charge in [0.25, 0.3) is 5.91 Å². The molecule has 0 radical (unpaired) electrons. The van der Waals surface area contributed by atoms with Crippen molar-refractivity contribution < 1.29 is 32.3 Å². The van der Waals surface area contributed by atoms with Gasteiger partial charge in [-0.1, -0.05) is 6.07 Å². The highest BCUT2D eigenvalue weighted by Crippen LogP contribution is 2.29. The lowest BCUT2D eigenvalue weighted by atomic mass is 10.0. The molecule has 2 heterocycles. The zero-order valence-electron chi connectivity index (χ0n) is 16.3. The van der Waals surface area contributed by atoms with Gasteiger partial charge in [-0.3, -0.25) is 9.59 Å². The standard InChI is InChI=1S/C21H22F2N2O5/c1-28-18-13-14(4-6-16(18)30-21(22)23)5-7-19(26)24-15-8-10-25(11-9-15)20(27)17-3-2-12-29-17/h2-7,12-13,15,21H,8-11H2,1H3,(H,24,26)/b7-5+. The Hall–Kier alpha value is -3.36. The van der Waals surface area contributed by atoms with E-state index >= 15 is 0 Å². The van der Waals surface area contributed by atoms with E-state index in [-0.39, 0.29) is 29.4 Å². The molecule has 0 bridgehead atoms. The number of hydrogen-bond donors (Lipinski definition) is 1. The molecule has 1 aliphatic heterocycles. The fourth-order valence-corrected chi connectivity index (χ4v) is 3.19. The second kappa shape index (κ2) is 9.91. The maximum absolute atomic E-state index is 12.4. The molecule has 1 saturated heterocycles. The first-order valence-corrected chi connectivity index (χ1v) is 9.40. The number of nitrogens with zero attached hydrogens (tertiary/aromatic N) is 1. The predicted molar refractivity (Wildman–Crippen MR) is 104 cm³/mol. The number of benzene rings is 1. The number of piperidine rings is 1. The zero-order valence-corrected chi connectivity index (χ0v) is 16.3. The molecule has 30 heavy (non-hydrogen) atoms. The minimum atomic E-state index is -2.95. The van der Waals surface area contributed by atoms with Gasteiger partial charge in [-0.05, 0) is 48.7 Å². The smallest absolute Gasteiger partial charge is 0.387 e. The molecule has 0 atom stereocenters. The normalized spacial score (nSPS) is 14.9. The van der Waals surface area contributed by atoms with Crippen molar-refractivity contribution in [3.8, 4) is 11.5 Å². The first kappa shape index (κ1) is 21.4. The van der Waals surface area contributed by atoms with Gasteiger partial charge in [-0.2, -0.15) is 8.78 Å². The summed E-state index contributed by atoms with van der Waals surface area (Å²) in [6, 6.07) is 7.65. The van der Waals surface area contributed by atoms with Crippen LogP contribution < -0.4 is 14.8 Å².